The Morgan fingerprint density at radius 2 is 1.79 bits per heavy atom. The van der Waals surface area contributed by atoms with Crippen LogP contribution in [-0.4, -0.2) is 53.7 Å². The fraction of sp³-hybridized carbons (Fsp3) is 0.348. The average molecular weight is 488 g/mol. The van der Waals surface area contributed by atoms with Gasteiger partial charge in [0.15, 0.2) is 5.16 Å². The topological polar surface area (TPSA) is 81.5 Å². The maximum absolute atomic E-state index is 12.7. The summed E-state index contributed by atoms with van der Waals surface area (Å²) in [6.07, 6.45) is 2.27. The average Bonchev–Trinajstić information content (AvgIpc) is 3.48. The van der Waals surface area contributed by atoms with Gasteiger partial charge in [0.25, 0.3) is 0 Å². The molecule has 3 aromatic rings. The number of halogens is 1. The molecule has 1 saturated heterocycles. The quantitative estimate of drug-likeness (QED) is 0.466. The van der Waals surface area contributed by atoms with Crippen molar-refractivity contribution in [2.75, 3.05) is 43.3 Å². The van der Waals surface area contributed by atoms with Crippen LogP contribution in [0.15, 0.2) is 41.6 Å². The summed E-state index contributed by atoms with van der Waals surface area (Å²) in [7, 11) is 3.05. The third-order valence-corrected chi connectivity index (χ3v) is 6.60. The summed E-state index contributed by atoms with van der Waals surface area (Å²) < 4.78 is 12.6. The number of nitrogens with one attached hydrogen (secondary N) is 1. The van der Waals surface area contributed by atoms with E-state index in [-0.39, 0.29) is 11.7 Å². The number of rotatable bonds is 8. The third kappa shape index (κ3) is 5.20. The molecule has 1 amide bonds. The Morgan fingerprint density at radius 1 is 1.09 bits per heavy atom. The van der Waals surface area contributed by atoms with Crippen LogP contribution in [-0.2, 0) is 4.79 Å². The molecule has 2 heterocycles. The van der Waals surface area contributed by atoms with Gasteiger partial charge in [-0.15, -0.1) is 10.2 Å². The van der Waals surface area contributed by atoms with E-state index in [0.29, 0.717) is 27.4 Å². The Bertz CT molecular complexity index is 1130. The number of ether oxygens (including phenoxy) is 2. The lowest BCUT2D eigenvalue weighted by Crippen LogP contribution is -2.22. The zero-order chi connectivity index (χ0) is 23.4. The number of carbonyl (C=O) groups excluding carboxylic acids is 1. The fourth-order valence-corrected chi connectivity index (χ4v) is 4.66. The zero-order valence-electron chi connectivity index (χ0n) is 18.8. The van der Waals surface area contributed by atoms with Crippen molar-refractivity contribution in [2.45, 2.75) is 24.9 Å². The molecule has 0 spiro atoms. The number of hydrogen-bond donors (Lipinski definition) is 1. The van der Waals surface area contributed by atoms with E-state index in [9.17, 15) is 4.79 Å². The second-order valence-electron chi connectivity index (χ2n) is 7.67. The van der Waals surface area contributed by atoms with Crippen LogP contribution in [0.1, 0.15) is 18.4 Å². The highest BCUT2D eigenvalue weighted by molar-refractivity contribution is 7.99. The van der Waals surface area contributed by atoms with E-state index >= 15 is 0 Å². The molecule has 1 N–H and O–H groups in total. The molecule has 0 bridgehead atoms. The molecule has 0 unspecified atom stereocenters. The van der Waals surface area contributed by atoms with E-state index in [1.54, 1.807) is 12.1 Å². The molecule has 10 heteroatoms. The molecule has 1 aliphatic heterocycles. The lowest BCUT2D eigenvalue weighted by Gasteiger charge is -2.18. The van der Waals surface area contributed by atoms with Crippen LogP contribution < -0.4 is 19.7 Å². The molecule has 0 aliphatic carbocycles. The largest absolute Gasteiger partial charge is 0.495 e. The highest BCUT2D eigenvalue weighted by Gasteiger charge is 2.23. The number of anilines is 2. The predicted molar refractivity (Wildman–Crippen MR) is 131 cm³/mol. The van der Waals surface area contributed by atoms with E-state index in [1.807, 2.05) is 16.7 Å². The van der Waals surface area contributed by atoms with Crippen LogP contribution in [0.25, 0.3) is 5.69 Å². The van der Waals surface area contributed by atoms with Crippen LogP contribution in [0.4, 0.5) is 11.6 Å². The van der Waals surface area contributed by atoms with Gasteiger partial charge in [-0.05, 0) is 38.0 Å². The number of carbonyl (C=O) groups is 1. The number of nitrogens with zero attached hydrogens (tertiary/aromatic N) is 4. The fourth-order valence-electron chi connectivity index (χ4n) is 3.67. The molecule has 0 radical (unpaired) electrons. The molecule has 1 fully saturated rings. The van der Waals surface area contributed by atoms with Crippen molar-refractivity contribution in [1.29, 1.82) is 0 Å². The molecule has 33 heavy (non-hydrogen) atoms. The van der Waals surface area contributed by atoms with Crippen molar-refractivity contribution in [3.8, 4) is 17.2 Å². The minimum Gasteiger partial charge on any atom is -0.495 e. The number of benzene rings is 2. The van der Waals surface area contributed by atoms with Gasteiger partial charge in [-0.1, -0.05) is 41.1 Å². The third-order valence-electron chi connectivity index (χ3n) is 5.38. The predicted octanol–water partition coefficient (Wildman–Crippen LogP) is 4.58. The standard InChI is InChI=1S/C23H26ClN5O3S/c1-15-6-8-16(9-7-15)29-22(28-10-4-5-11-28)26-27-23(29)33-14-21(30)25-18-12-17(24)19(31-2)13-20(18)32-3/h6-9,12-13H,4-5,10-11,14H2,1-3H3,(H,25,30). The van der Waals surface area contributed by atoms with Gasteiger partial charge < -0.3 is 19.7 Å². The number of aromatic nitrogens is 3. The monoisotopic (exact) mass is 487 g/mol. The number of hydrogen-bond acceptors (Lipinski definition) is 7. The van der Waals surface area contributed by atoms with Gasteiger partial charge in [-0.25, -0.2) is 0 Å². The van der Waals surface area contributed by atoms with E-state index in [1.165, 1.54) is 31.5 Å². The molecular formula is C23H26ClN5O3S. The van der Waals surface area contributed by atoms with Gasteiger partial charge in [0.1, 0.15) is 11.5 Å². The molecule has 4 rings (SSSR count). The van der Waals surface area contributed by atoms with Gasteiger partial charge in [-0.3, -0.25) is 9.36 Å². The van der Waals surface area contributed by atoms with Crippen molar-refractivity contribution < 1.29 is 14.3 Å². The van der Waals surface area contributed by atoms with Crippen LogP contribution in [0.2, 0.25) is 5.02 Å². The Morgan fingerprint density at radius 3 is 2.45 bits per heavy atom. The van der Waals surface area contributed by atoms with E-state index in [4.69, 9.17) is 21.1 Å². The first-order valence-electron chi connectivity index (χ1n) is 10.6. The Balaban J connectivity index is 1.53. The molecule has 0 saturated carbocycles. The van der Waals surface area contributed by atoms with Gasteiger partial charge in [-0.2, -0.15) is 0 Å². The summed E-state index contributed by atoms with van der Waals surface area (Å²) in [5, 5.41) is 12.8. The number of amides is 1. The highest BCUT2D eigenvalue weighted by atomic mass is 35.5. The van der Waals surface area contributed by atoms with Crippen molar-refractivity contribution in [2.24, 2.45) is 0 Å². The van der Waals surface area contributed by atoms with E-state index < -0.39 is 0 Å². The van der Waals surface area contributed by atoms with Crippen molar-refractivity contribution >= 4 is 40.9 Å². The number of aryl methyl sites for hydroxylation is 1. The summed E-state index contributed by atoms with van der Waals surface area (Å²) in [6, 6.07) is 11.5. The number of methoxy groups -OCH3 is 2. The Kier molecular flexibility index (Phi) is 7.29. The zero-order valence-corrected chi connectivity index (χ0v) is 20.4. The molecule has 0 atom stereocenters. The van der Waals surface area contributed by atoms with Gasteiger partial charge in [0.05, 0.1) is 36.4 Å². The maximum Gasteiger partial charge on any atom is 0.234 e. The number of thioether (sulfide) groups is 1. The van der Waals surface area contributed by atoms with Crippen LogP contribution in [0.3, 0.4) is 0 Å². The Labute approximate surface area is 202 Å². The first-order chi connectivity index (χ1) is 16.0. The molecule has 174 valence electrons. The Hall–Kier alpha value is -2.91. The molecule has 1 aliphatic rings. The van der Waals surface area contributed by atoms with Gasteiger partial charge in [0.2, 0.25) is 11.9 Å². The van der Waals surface area contributed by atoms with Crippen molar-refractivity contribution in [3.05, 3.63) is 47.0 Å². The summed E-state index contributed by atoms with van der Waals surface area (Å²) in [5.41, 5.74) is 2.63. The molecular weight excluding hydrogens is 462 g/mol. The second-order valence-corrected chi connectivity index (χ2v) is 9.02. The molecule has 1 aromatic heterocycles. The highest BCUT2D eigenvalue weighted by Crippen LogP contribution is 2.36. The van der Waals surface area contributed by atoms with Gasteiger partial charge in [0, 0.05) is 19.2 Å². The SMILES string of the molecule is COc1cc(OC)c(NC(=O)CSc2nnc(N3CCCC3)n2-c2ccc(C)cc2)cc1Cl. The van der Waals surface area contributed by atoms with Crippen LogP contribution in [0, 0.1) is 6.92 Å². The summed E-state index contributed by atoms with van der Waals surface area (Å²) >= 11 is 7.55. The first kappa shape index (κ1) is 23.3. The van der Waals surface area contributed by atoms with Crippen LogP contribution >= 0.6 is 23.4 Å². The van der Waals surface area contributed by atoms with Crippen LogP contribution in [0.5, 0.6) is 11.5 Å². The minimum atomic E-state index is -0.208. The minimum absolute atomic E-state index is 0.150. The smallest absolute Gasteiger partial charge is 0.234 e. The first-order valence-corrected chi connectivity index (χ1v) is 12.0. The summed E-state index contributed by atoms with van der Waals surface area (Å²) in [5.74, 6) is 1.69. The van der Waals surface area contributed by atoms with Gasteiger partial charge >= 0.3 is 0 Å². The van der Waals surface area contributed by atoms with Crippen molar-refractivity contribution in [1.82, 2.24) is 14.8 Å². The van der Waals surface area contributed by atoms with Crippen molar-refractivity contribution in [3.63, 3.8) is 0 Å². The van der Waals surface area contributed by atoms with E-state index in [0.717, 1.165) is 37.6 Å². The summed E-state index contributed by atoms with van der Waals surface area (Å²) in [6.45, 7) is 3.96. The normalized spacial score (nSPS) is 13.3. The maximum atomic E-state index is 12.7. The molecule has 8 nitrogen and oxygen atoms in total. The lowest BCUT2D eigenvalue weighted by molar-refractivity contribution is -0.113. The van der Waals surface area contributed by atoms with E-state index in [2.05, 4.69) is 39.5 Å². The lowest BCUT2D eigenvalue weighted by atomic mass is 10.2. The second kappa shape index (κ2) is 10.4. The molecule has 2 aromatic carbocycles. The summed E-state index contributed by atoms with van der Waals surface area (Å²) in [4.78, 5) is 15.0.